The van der Waals surface area contributed by atoms with Gasteiger partial charge in [-0.05, 0) is 44.1 Å². The molecule has 0 aromatic heterocycles. The first-order chi connectivity index (χ1) is 24.2. The number of nitrogens with zero attached hydrogens (tertiary/aromatic N) is 2. The van der Waals surface area contributed by atoms with Crippen molar-refractivity contribution >= 4 is 23.3 Å². The maximum Gasteiger partial charge on any atom is 0.303 e. The summed E-state index contributed by atoms with van der Waals surface area (Å²) in [6, 6.07) is 13.9. The van der Waals surface area contributed by atoms with Crippen LogP contribution in [0.3, 0.4) is 0 Å². The zero-order chi connectivity index (χ0) is 36.7. The zero-order valence-electron chi connectivity index (χ0n) is 30.2. The fourth-order valence-corrected chi connectivity index (χ4v) is 6.06. The lowest BCUT2D eigenvalue weighted by Gasteiger charge is -2.04. The highest BCUT2D eigenvalue weighted by atomic mass is 16.6. The predicted molar refractivity (Wildman–Crippen MR) is 200 cm³/mol. The highest BCUT2D eigenvalue weighted by molar-refractivity contribution is 5.66. The molecule has 0 amide bonds. The van der Waals surface area contributed by atoms with E-state index < -0.39 is 11.9 Å². The number of aliphatic carboxylic acids is 2. The lowest BCUT2D eigenvalue weighted by atomic mass is 10.0. The van der Waals surface area contributed by atoms with Crippen molar-refractivity contribution in [3.05, 3.63) is 79.9 Å². The van der Waals surface area contributed by atoms with E-state index in [2.05, 4.69) is 0 Å². The van der Waals surface area contributed by atoms with E-state index in [0.717, 1.165) is 76.2 Å². The molecule has 50 heavy (non-hydrogen) atoms. The number of aryl methyl sites for hydroxylation is 2. The van der Waals surface area contributed by atoms with Crippen molar-refractivity contribution < 1.29 is 29.6 Å². The number of benzene rings is 2. The number of non-ortho nitro benzene ring substituents is 1. The van der Waals surface area contributed by atoms with Gasteiger partial charge in [-0.2, -0.15) is 0 Å². The molecule has 0 aliphatic rings. The second kappa shape index (κ2) is 30.0. The molecule has 2 aromatic rings. The van der Waals surface area contributed by atoms with E-state index in [4.69, 9.17) is 10.2 Å². The van der Waals surface area contributed by atoms with E-state index in [9.17, 15) is 29.8 Å². The fourth-order valence-electron chi connectivity index (χ4n) is 6.06. The Balaban J connectivity index is 0.000000500. The molecule has 280 valence electrons. The third-order valence-corrected chi connectivity index (χ3v) is 9.03. The number of hydrogen-bond acceptors (Lipinski definition) is 6. The lowest BCUT2D eigenvalue weighted by Crippen LogP contribution is -1.95. The highest BCUT2D eigenvalue weighted by Gasteiger charge is 2.11. The fraction of sp³-hybridized carbons (Fsp3) is 0.650. The molecule has 0 saturated carbocycles. The summed E-state index contributed by atoms with van der Waals surface area (Å²) in [5.41, 5.74) is 2.42. The Bertz CT molecular complexity index is 1200. The van der Waals surface area contributed by atoms with Crippen LogP contribution < -0.4 is 0 Å². The molecule has 0 unspecified atom stereocenters. The Morgan fingerprint density at radius 2 is 0.820 bits per heavy atom. The summed E-state index contributed by atoms with van der Waals surface area (Å²) in [5, 5.41) is 38.6. The third kappa shape index (κ3) is 25.2. The molecule has 0 spiro atoms. The molecule has 2 aromatic carbocycles. The number of rotatable bonds is 30. The number of carboxylic acids is 2. The Kier molecular flexibility index (Phi) is 26.6. The minimum Gasteiger partial charge on any atom is -0.481 e. The van der Waals surface area contributed by atoms with Crippen LogP contribution in [0.15, 0.2) is 48.5 Å². The Morgan fingerprint density at radius 1 is 0.460 bits per heavy atom. The summed E-state index contributed by atoms with van der Waals surface area (Å²) in [4.78, 5) is 41.6. The molecule has 2 rings (SSSR count). The molecule has 0 fully saturated rings. The van der Waals surface area contributed by atoms with Crippen molar-refractivity contribution in [1.29, 1.82) is 0 Å². The highest BCUT2D eigenvalue weighted by Crippen LogP contribution is 2.21. The summed E-state index contributed by atoms with van der Waals surface area (Å²) in [7, 11) is 0. The molecule has 0 saturated heterocycles. The van der Waals surface area contributed by atoms with E-state index in [1.165, 1.54) is 89.0 Å². The van der Waals surface area contributed by atoms with Crippen LogP contribution in [-0.4, -0.2) is 32.0 Å². The normalized spacial score (nSPS) is 10.7. The van der Waals surface area contributed by atoms with Gasteiger partial charge >= 0.3 is 11.9 Å². The Morgan fingerprint density at radius 3 is 1.20 bits per heavy atom. The smallest absolute Gasteiger partial charge is 0.303 e. The van der Waals surface area contributed by atoms with E-state index >= 15 is 0 Å². The van der Waals surface area contributed by atoms with Crippen LogP contribution in [0.4, 0.5) is 11.4 Å². The van der Waals surface area contributed by atoms with Gasteiger partial charge in [-0.3, -0.25) is 29.8 Å². The monoisotopic (exact) mass is 698 g/mol. The van der Waals surface area contributed by atoms with Crippen LogP contribution in [-0.2, 0) is 22.4 Å². The molecule has 0 aliphatic heterocycles. The summed E-state index contributed by atoms with van der Waals surface area (Å²) < 4.78 is 0. The molecule has 0 aliphatic carbocycles. The van der Waals surface area contributed by atoms with E-state index in [-0.39, 0.29) is 21.2 Å². The summed E-state index contributed by atoms with van der Waals surface area (Å²) in [6.45, 7) is 0. The standard InChI is InChI=1S/2C20H31NO4/c22-20(23)17-11-9-7-5-3-1-2-4-6-8-10-14-18-15-12-13-16-19(18)21(24)25;22-20(23)13-11-9-7-5-3-1-2-4-6-8-10-12-18-14-16-19(17-15-18)21(24)25/h12-13,15-16H,1-11,14,17H2,(H,22,23);14-17H,1-13H2,(H,22,23). The first kappa shape index (κ1) is 44.2. The van der Waals surface area contributed by atoms with Gasteiger partial charge in [0.05, 0.1) is 9.85 Å². The summed E-state index contributed by atoms with van der Waals surface area (Å²) >= 11 is 0. The van der Waals surface area contributed by atoms with Gasteiger partial charge in [0.25, 0.3) is 11.4 Å². The topological polar surface area (TPSA) is 161 Å². The molecule has 0 atom stereocenters. The van der Waals surface area contributed by atoms with E-state index in [1.807, 2.05) is 24.3 Å². The van der Waals surface area contributed by atoms with Gasteiger partial charge in [0.2, 0.25) is 0 Å². The largest absolute Gasteiger partial charge is 0.481 e. The average molecular weight is 699 g/mol. The minimum absolute atomic E-state index is 0.158. The molecule has 10 nitrogen and oxygen atoms in total. The molecular weight excluding hydrogens is 636 g/mol. The lowest BCUT2D eigenvalue weighted by molar-refractivity contribution is -0.385. The van der Waals surface area contributed by atoms with Crippen molar-refractivity contribution in [2.75, 3.05) is 0 Å². The Hall–Kier alpha value is -3.82. The van der Waals surface area contributed by atoms with Gasteiger partial charge in [0.1, 0.15) is 0 Å². The van der Waals surface area contributed by atoms with Gasteiger partial charge in [0, 0.05) is 36.6 Å². The summed E-state index contributed by atoms with van der Waals surface area (Å²) in [6.07, 6.45) is 27.8. The number of nitro groups is 2. The van der Waals surface area contributed by atoms with Crippen molar-refractivity contribution in [2.45, 2.75) is 167 Å². The maximum atomic E-state index is 10.9. The van der Waals surface area contributed by atoms with Crippen LogP contribution in [0.25, 0.3) is 0 Å². The Labute approximate surface area is 299 Å². The molecular formula is C40H62N2O8. The predicted octanol–water partition coefficient (Wildman–Crippen LogP) is 11.8. The van der Waals surface area contributed by atoms with Crippen LogP contribution in [0.2, 0.25) is 0 Å². The maximum absolute atomic E-state index is 10.9. The van der Waals surface area contributed by atoms with Crippen LogP contribution in [0.1, 0.15) is 165 Å². The summed E-state index contributed by atoms with van der Waals surface area (Å²) in [5.74, 6) is -1.38. The number of para-hydroxylation sites is 1. The second-order valence-electron chi connectivity index (χ2n) is 13.4. The van der Waals surface area contributed by atoms with Gasteiger partial charge in [-0.1, -0.05) is 146 Å². The molecule has 2 N–H and O–H groups in total. The van der Waals surface area contributed by atoms with Crippen molar-refractivity contribution in [3.8, 4) is 0 Å². The quantitative estimate of drug-likeness (QED) is 0.0462. The average Bonchev–Trinajstić information content (AvgIpc) is 3.09. The number of carboxylic acid groups (broad SMARTS) is 2. The SMILES string of the molecule is O=C(O)CCCCCCCCCCCCCc1ccc([N+](=O)[O-])cc1.O=C(O)CCCCCCCCCCCCCc1ccccc1[N+](=O)[O-]. The third-order valence-electron chi connectivity index (χ3n) is 9.03. The molecule has 0 heterocycles. The second-order valence-corrected chi connectivity index (χ2v) is 13.4. The molecule has 0 bridgehead atoms. The number of carbonyl (C=O) groups is 2. The zero-order valence-corrected chi connectivity index (χ0v) is 30.2. The minimum atomic E-state index is -0.693. The molecule has 10 heteroatoms. The van der Waals surface area contributed by atoms with Gasteiger partial charge in [-0.15, -0.1) is 0 Å². The number of hydrogen-bond donors (Lipinski definition) is 2. The first-order valence-corrected chi connectivity index (χ1v) is 19.1. The van der Waals surface area contributed by atoms with Crippen molar-refractivity contribution in [3.63, 3.8) is 0 Å². The first-order valence-electron chi connectivity index (χ1n) is 19.1. The molecule has 0 radical (unpaired) electrons. The van der Waals surface area contributed by atoms with Gasteiger partial charge in [-0.25, -0.2) is 0 Å². The van der Waals surface area contributed by atoms with Crippen LogP contribution in [0.5, 0.6) is 0 Å². The number of nitro benzene ring substituents is 2. The van der Waals surface area contributed by atoms with E-state index in [1.54, 1.807) is 24.3 Å². The van der Waals surface area contributed by atoms with Crippen LogP contribution >= 0.6 is 0 Å². The van der Waals surface area contributed by atoms with Crippen molar-refractivity contribution in [1.82, 2.24) is 0 Å². The van der Waals surface area contributed by atoms with Crippen molar-refractivity contribution in [2.24, 2.45) is 0 Å². The van der Waals surface area contributed by atoms with E-state index in [0.29, 0.717) is 12.8 Å². The number of unbranched alkanes of at least 4 members (excludes halogenated alkanes) is 20. The van der Waals surface area contributed by atoms with Crippen LogP contribution in [0, 0.1) is 20.2 Å². The van der Waals surface area contributed by atoms with Gasteiger partial charge in [0.15, 0.2) is 0 Å². The van der Waals surface area contributed by atoms with Gasteiger partial charge < -0.3 is 10.2 Å².